The van der Waals surface area contributed by atoms with Crippen molar-refractivity contribution in [3.05, 3.63) is 30.1 Å². The van der Waals surface area contributed by atoms with Crippen LogP contribution in [0, 0.1) is 38.4 Å². The van der Waals surface area contributed by atoms with Crippen LogP contribution in [-0.2, 0) is 6.42 Å². The van der Waals surface area contributed by atoms with Gasteiger partial charge in [-0.25, -0.2) is 0 Å². The van der Waals surface area contributed by atoms with E-state index >= 15 is 0 Å². The van der Waals surface area contributed by atoms with Gasteiger partial charge in [0.1, 0.15) is 0 Å². The zero-order chi connectivity index (χ0) is 23.2. The maximum Gasteiger partial charge on any atom is 0.0631 e. The lowest BCUT2D eigenvalue weighted by molar-refractivity contribution is -0.292. The van der Waals surface area contributed by atoms with Gasteiger partial charge in [0.15, 0.2) is 0 Å². The Hall–Kier alpha value is -0.930. The molecule has 0 spiro atoms. The van der Waals surface area contributed by atoms with Crippen LogP contribution in [0.3, 0.4) is 0 Å². The summed E-state index contributed by atoms with van der Waals surface area (Å²) in [7, 11) is 0. The summed E-state index contributed by atoms with van der Waals surface area (Å²) >= 11 is 0. The summed E-state index contributed by atoms with van der Waals surface area (Å²) < 4.78 is 0. The van der Waals surface area contributed by atoms with Crippen molar-refractivity contribution in [3.8, 4) is 0 Å². The fourth-order valence-electron chi connectivity index (χ4n) is 10.2. The molecule has 0 radical (unpaired) electrons. The van der Waals surface area contributed by atoms with Crippen molar-refractivity contribution in [3.63, 3.8) is 0 Å². The maximum atomic E-state index is 11.8. The number of hydrogen-bond donors (Lipinski definition) is 2. The first-order valence-corrected chi connectivity index (χ1v) is 13.1. The van der Waals surface area contributed by atoms with Crippen LogP contribution in [0.1, 0.15) is 98.6 Å². The number of rotatable bonds is 2. The third kappa shape index (κ3) is 2.48. The Bertz CT molecular complexity index is 888. The zero-order valence-corrected chi connectivity index (χ0v) is 21.2. The fraction of sp³-hybridized carbons (Fsp3) is 0.828. The van der Waals surface area contributed by atoms with Gasteiger partial charge in [0.2, 0.25) is 0 Å². The lowest BCUT2D eigenvalue weighted by Gasteiger charge is -2.77. The van der Waals surface area contributed by atoms with E-state index < -0.39 is 0 Å². The van der Waals surface area contributed by atoms with Crippen LogP contribution >= 0.6 is 0 Å². The second kappa shape index (κ2) is 6.81. The van der Waals surface area contributed by atoms with Crippen LogP contribution in [0.5, 0.6) is 0 Å². The molecular weight excluding hydrogens is 394 g/mol. The van der Waals surface area contributed by atoms with E-state index in [-0.39, 0.29) is 50.6 Å². The van der Waals surface area contributed by atoms with E-state index in [9.17, 15) is 10.2 Å². The Labute approximate surface area is 195 Å². The van der Waals surface area contributed by atoms with Crippen molar-refractivity contribution in [1.82, 2.24) is 4.98 Å². The number of aromatic nitrogens is 1. The van der Waals surface area contributed by atoms with Crippen LogP contribution in [0.15, 0.2) is 24.4 Å². The molecular formula is C29H45NO2. The minimum Gasteiger partial charge on any atom is -0.393 e. The van der Waals surface area contributed by atoms with Gasteiger partial charge in [-0.05, 0) is 108 Å². The van der Waals surface area contributed by atoms with Gasteiger partial charge < -0.3 is 10.2 Å². The summed E-state index contributed by atoms with van der Waals surface area (Å²) in [6.07, 6.45) is 11.1. The van der Waals surface area contributed by atoms with Crippen molar-refractivity contribution in [2.45, 2.75) is 112 Å². The minimum absolute atomic E-state index is 0.0566. The molecule has 178 valence electrons. The second-order valence-corrected chi connectivity index (χ2v) is 13.6. The van der Waals surface area contributed by atoms with E-state index in [2.05, 4.69) is 58.7 Å². The topological polar surface area (TPSA) is 53.4 Å². The quantitative estimate of drug-likeness (QED) is 0.579. The van der Waals surface area contributed by atoms with Crippen LogP contribution in [-0.4, -0.2) is 27.4 Å². The summed E-state index contributed by atoms with van der Waals surface area (Å²) in [4.78, 5) is 4.60. The third-order valence-electron chi connectivity index (χ3n) is 13.2. The highest BCUT2D eigenvalue weighted by molar-refractivity contribution is 5.26. The van der Waals surface area contributed by atoms with Crippen molar-refractivity contribution < 1.29 is 10.2 Å². The molecule has 2 N–H and O–H groups in total. The van der Waals surface area contributed by atoms with E-state index in [0.29, 0.717) is 0 Å². The molecule has 4 saturated carbocycles. The van der Waals surface area contributed by atoms with Crippen LogP contribution in [0.25, 0.3) is 0 Å². The Morgan fingerprint density at radius 1 is 0.812 bits per heavy atom. The van der Waals surface area contributed by atoms with E-state index in [1.54, 1.807) is 0 Å². The molecule has 0 unspecified atom stereocenters. The fourth-order valence-corrected chi connectivity index (χ4v) is 10.2. The zero-order valence-electron chi connectivity index (χ0n) is 21.2. The molecule has 3 nitrogen and oxygen atoms in total. The van der Waals surface area contributed by atoms with Crippen molar-refractivity contribution >= 4 is 0 Å². The molecule has 0 bridgehead atoms. The summed E-state index contributed by atoms with van der Waals surface area (Å²) in [5.41, 5.74) is 1.95. The van der Waals surface area contributed by atoms with E-state index in [1.807, 2.05) is 12.3 Å². The molecule has 0 aromatic carbocycles. The predicted octanol–water partition coefficient (Wildman–Crippen LogP) is 6.18. The Morgan fingerprint density at radius 3 is 2.19 bits per heavy atom. The first kappa shape index (κ1) is 22.8. The number of nitrogens with zero attached hydrogens (tertiary/aromatic N) is 1. The van der Waals surface area contributed by atoms with Gasteiger partial charge in [-0.3, -0.25) is 4.98 Å². The molecule has 1 aromatic heterocycles. The summed E-state index contributed by atoms with van der Waals surface area (Å²) in [6, 6.07) is 6.16. The van der Waals surface area contributed by atoms with Crippen molar-refractivity contribution in [2.24, 2.45) is 38.4 Å². The summed E-state index contributed by atoms with van der Waals surface area (Å²) in [6.45, 7) is 15.2. The van der Waals surface area contributed by atoms with E-state index in [1.165, 1.54) is 19.3 Å². The standard InChI is InChI=1S/C29H45NO2/c1-24-12-14-28(5)27(4,26(24,3)11-10-22(31)19-24)15-13-25(2)23(32)20(18-29(25,28)6)17-21-9-7-8-16-30-21/h7-9,16,20,22-23,31-32H,10-15,17-19H2,1-6H3/t20-,22+,23-,24+,25-,26+,27-,28-,29-/m1/s1. The van der Waals surface area contributed by atoms with Gasteiger partial charge >= 0.3 is 0 Å². The average molecular weight is 440 g/mol. The molecule has 0 amide bonds. The van der Waals surface area contributed by atoms with E-state index in [0.717, 1.165) is 44.2 Å². The molecule has 0 saturated heterocycles. The third-order valence-corrected chi connectivity index (χ3v) is 13.2. The molecule has 1 aromatic rings. The highest BCUT2D eigenvalue weighted by Crippen LogP contribution is 2.83. The SMILES string of the molecule is C[C@@]12CC[C@]3(C)[C@](C)(CC[C@]4(C)[C@H](O)[C@H](Cc5ccccn5)C[C@@]34C)[C@@]1(C)CC[C@H](O)C2. The highest BCUT2D eigenvalue weighted by atomic mass is 16.3. The summed E-state index contributed by atoms with van der Waals surface area (Å²) in [5.74, 6) is 0.272. The predicted molar refractivity (Wildman–Crippen MR) is 129 cm³/mol. The molecule has 4 fully saturated rings. The molecule has 32 heavy (non-hydrogen) atoms. The van der Waals surface area contributed by atoms with E-state index in [4.69, 9.17) is 0 Å². The number of fused-ring (bicyclic) bond motifs is 5. The van der Waals surface area contributed by atoms with Gasteiger partial charge in [-0.15, -0.1) is 0 Å². The Kier molecular flexibility index (Phi) is 4.86. The molecule has 9 atom stereocenters. The van der Waals surface area contributed by atoms with Crippen LogP contribution in [0.2, 0.25) is 0 Å². The number of aliphatic hydroxyl groups is 2. The lowest BCUT2D eigenvalue weighted by atomic mass is 9.27. The molecule has 1 heterocycles. The van der Waals surface area contributed by atoms with Crippen LogP contribution < -0.4 is 0 Å². The van der Waals surface area contributed by atoms with Crippen molar-refractivity contribution in [1.29, 1.82) is 0 Å². The first-order valence-electron chi connectivity index (χ1n) is 13.1. The minimum atomic E-state index is -0.273. The number of aliphatic hydroxyl groups excluding tert-OH is 2. The number of pyridine rings is 1. The molecule has 3 heteroatoms. The average Bonchev–Trinajstić information content (AvgIpc) is 2.95. The Morgan fingerprint density at radius 2 is 1.50 bits per heavy atom. The van der Waals surface area contributed by atoms with Gasteiger partial charge in [0.25, 0.3) is 0 Å². The molecule has 4 aliphatic carbocycles. The second-order valence-electron chi connectivity index (χ2n) is 13.6. The van der Waals surface area contributed by atoms with Gasteiger partial charge in [0, 0.05) is 11.9 Å². The monoisotopic (exact) mass is 439 g/mol. The summed E-state index contributed by atoms with van der Waals surface area (Å²) in [5, 5.41) is 22.4. The number of hydrogen-bond acceptors (Lipinski definition) is 3. The molecule has 0 aliphatic heterocycles. The first-order chi connectivity index (χ1) is 14.9. The van der Waals surface area contributed by atoms with Crippen LogP contribution in [0.4, 0.5) is 0 Å². The molecule has 5 rings (SSSR count). The largest absolute Gasteiger partial charge is 0.393 e. The van der Waals surface area contributed by atoms with Gasteiger partial charge in [-0.2, -0.15) is 0 Å². The smallest absolute Gasteiger partial charge is 0.0631 e. The molecule has 4 aliphatic rings. The van der Waals surface area contributed by atoms with Gasteiger partial charge in [0.05, 0.1) is 12.2 Å². The Balaban J connectivity index is 1.56. The normalized spacial score (nSPS) is 55.1. The van der Waals surface area contributed by atoms with Crippen molar-refractivity contribution in [2.75, 3.05) is 0 Å². The highest BCUT2D eigenvalue weighted by Gasteiger charge is 2.77. The lowest BCUT2D eigenvalue weighted by Crippen LogP contribution is -2.70. The van der Waals surface area contributed by atoms with Gasteiger partial charge in [-0.1, -0.05) is 47.6 Å². The maximum absolute atomic E-state index is 11.8.